The Balaban J connectivity index is 1.74. The molecule has 2 aliphatic carbocycles. The molecule has 0 saturated heterocycles. The molecule has 2 N–H and O–H groups in total. The van der Waals surface area contributed by atoms with Gasteiger partial charge in [0.2, 0.25) is 5.95 Å². The fraction of sp³-hybridized carbons (Fsp3) is 0.667. The van der Waals surface area contributed by atoms with E-state index in [1.54, 1.807) is 6.92 Å². The van der Waals surface area contributed by atoms with E-state index in [2.05, 4.69) is 34.4 Å². The van der Waals surface area contributed by atoms with Gasteiger partial charge in [-0.05, 0) is 31.6 Å². The number of carbonyl (C=O) groups is 2. The molecule has 0 bridgehead atoms. The van der Waals surface area contributed by atoms with Crippen LogP contribution in [-0.4, -0.2) is 27.8 Å². The number of anilines is 1. The number of nitrogens with one attached hydrogen (secondary N) is 2. The van der Waals surface area contributed by atoms with E-state index in [1.165, 1.54) is 6.42 Å². The molecule has 24 heavy (non-hydrogen) atoms. The fourth-order valence-electron chi connectivity index (χ4n) is 3.79. The first-order valence-electron chi connectivity index (χ1n) is 8.82. The molecule has 0 aromatic carbocycles. The quantitative estimate of drug-likeness (QED) is 0.870. The predicted molar refractivity (Wildman–Crippen MR) is 92.2 cm³/mol. The molecular weight excluding hydrogens is 304 g/mol. The topological polar surface area (TPSA) is 84.0 Å². The van der Waals surface area contributed by atoms with Gasteiger partial charge in [-0.25, -0.2) is 14.8 Å². The van der Waals surface area contributed by atoms with Gasteiger partial charge in [-0.15, -0.1) is 0 Å². The number of rotatable bonds is 2. The van der Waals surface area contributed by atoms with Gasteiger partial charge in [0, 0.05) is 12.5 Å². The second kappa shape index (κ2) is 6.49. The van der Waals surface area contributed by atoms with Gasteiger partial charge < -0.3 is 5.32 Å². The lowest BCUT2D eigenvalue weighted by Gasteiger charge is -2.30. The summed E-state index contributed by atoms with van der Waals surface area (Å²) in [7, 11) is 0. The van der Waals surface area contributed by atoms with Crippen molar-refractivity contribution in [2.45, 2.75) is 71.8 Å². The maximum absolute atomic E-state index is 12.3. The van der Waals surface area contributed by atoms with Gasteiger partial charge in [-0.1, -0.05) is 33.1 Å². The molecule has 2 aliphatic rings. The summed E-state index contributed by atoms with van der Waals surface area (Å²) >= 11 is 0. The zero-order valence-corrected chi connectivity index (χ0v) is 14.7. The third-order valence-electron chi connectivity index (χ3n) is 4.89. The Kier molecular flexibility index (Phi) is 4.56. The van der Waals surface area contributed by atoms with E-state index >= 15 is 0 Å². The van der Waals surface area contributed by atoms with Crippen molar-refractivity contribution in [2.75, 3.05) is 5.32 Å². The summed E-state index contributed by atoms with van der Waals surface area (Å²) in [5, 5.41) is 5.73. The zero-order valence-electron chi connectivity index (χ0n) is 14.7. The van der Waals surface area contributed by atoms with Crippen LogP contribution in [0.4, 0.5) is 10.7 Å². The van der Waals surface area contributed by atoms with Crippen LogP contribution in [0.2, 0.25) is 0 Å². The number of Topliss-reactive ketones (excluding diaryl/α,β-unsaturated/α-hetero) is 1. The number of carbonyl (C=O) groups excluding carboxylic acids is 2. The molecule has 130 valence electrons. The third kappa shape index (κ3) is 3.74. The van der Waals surface area contributed by atoms with E-state index in [0.717, 1.165) is 37.8 Å². The van der Waals surface area contributed by atoms with Gasteiger partial charge in [0.25, 0.3) is 0 Å². The molecule has 2 amide bonds. The second-order valence-electron chi connectivity index (χ2n) is 7.83. The lowest BCUT2D eigenvalue weighted by atomic mass is 9.75. The van der Waals surface area contributed by atoms with Crippen LogP contribution in [0.3, 0.4) is 0 Å². The Morgan fingerprint density at radius 3 is 2.54 bits per heavy atom. The Bertz CT molecular complexity index is 663. The average molecular weight is 330 g/mol. The van der Waals surface area contributed by atoms with Crippen molar-refractivity contribution in [3.05, 3.63) is 17.0 Å². The first kappa shape index (κ1) is 16.9. The molecule has 0 unspecified atom stereocenters. The van der Waals surface area contributed by atoms with E-state index < -0.39 is 0 Å². The van der Waals surface area contributed by atoms with E-state index in [1.807, 2.05) is 0 Å². The summed E-state index contributed by atoms with van der Waals surface area (Å²) in [4.78, 5) is 33.3. The van der Waals surface area contributed by atoms with Crippen LogP contribution in [0.15, 0.2) is 0 Å². The highest BCUT2D eigenvalue weighted by Crippen LogP contribution is 2.35. The van der Waals surface area contributed by atoms with Crippen LogP contribution >= 0.6 is 0 Å². The molecular formula is C18H26N4O2. The van der Waals surface area contributed by atoms with E-state index in [9.17, 15) is 9.59 Å². The molecule has 1 fully saturated rings. The summed E-state index contributed by atoms with van der Waals surface area (Å²) < 4.78 is 0. The van der Waals surface area contributed by atoms with E-state index in [0.29, 0.717) is 17.7 Å². The summed E-state index contributed by atoms with van der Waals surface area (Å²) in [6, 6.07) is -0.0272. The van der Waals surface area contributed by atoms with Crippen LogP contribution in [0, 0.1) is 12.3 Å². The molecule has 1 aromatic rings. The molecule has 0 spiro atoms. The summed E-state index contributed by atoms with van der Waals surface area (Å²) in [5.41, 5.74) is 1.92. The van der Waals surface area contributed by atoms with Gasteiger partial charge in [0.05, 0.1) is 17.0 Å². The minimum absolute atomic E-state index is 0.0944. The number of fused-ring (bicyclic) bond motifs is 1. The maximum Gasteiger partial charge on any atom is 0.321 e. The maximum atomic E-state index is 12.3. The van der Waals surface area contributed by atoms with Gasteiger partial charge in [0.1, 0.15) is 0 Å². The molecule has 0 radical (unpaired) electrons. The van der Waals surface area contributed by atoms with Crippen molar-refractivity contribution >= 4 is 17.8 Å². The zero-order chi connectivity index (χ0) is 17.3. The lowest BCUT2D eigenvalue weighted by molar-refractivity contribution is 0.0909. The number of hydrogen-bond acceptors (Lipinski definition) is 4. The lowest BCUT2D eigenvalue weighted by Crippen LogP contribution is -2.39. The first-order chi connectivity index (χ1) is 11.3. The highest BCUT2D eigenvalue weighted by molar-refractivity contribution is 5.99. The standard InChI is InChI=1S/C18H26N4O2/c1-11-15-13(9-18(2,3)10-14(15)23)21-16(19-11)22-17(24)20-12-7-5-4-6-8-12/h12H,4-10H2,1-3H3,(H2,19,20,21,22,24). The number of ketones is 1. The summed E-state index contributed by atoms with van der Waals surface area (Å²) in [6.45, 7) is 5.93. The molecule has 1 heterocycles. The molecule has 0 aliphatic heterocycles. The van der Waals surface area contributed by atoms with Crippen LogP contribution in [-0.2, 0) is 6.42 Å². The molecule has 0 atom stereocenters. The Hall–Kier alpha value is -1.98. The SMILES string of the molecule is Cc1nc(NC(=O)NC2CCCCC2)nc2c1C(=O)CC(C)(C)C2. The third-order valence-corrected chi connectivity index (χ3v) is 4.89. The van der Waals surface area contributed by atoms with Gasteiger partial charge in [-0.3, -0.25) is 10.1 Å². The van der Waals surface area contributed by atoms with Crippen molar-refractivity contribution < 1.29 is 9.59 Å². The van der Waals surface area contributed by atoms with Crippen molar-refractivity contribution in [1.82, 2.24) is 15.3 Å². The smallest absolute Gasteiger partial charge is 0.321 e. The molecule has 6 heteroatoms. The summed E-state index contributed by atoms with van der Waals surface area (Å²) in [5.74, 6) is 0.377. The van der Waals surface area contributed by atoms with E-state index in [-0.39, 0.29) is 29.2 Å². The number of urea groups is 1. The minimum atomic E-state index is -0.261. The van der Waals surface area contributed by atoms with Gasteiger partial charge in [-0.2, -0.15) is 0 Å². The average Bonchev–Trinajstić information content (AvgIpc) is 2.45. The number of aromatic nitrogens is 2. The molecule has 6 nitrogen and oxygen atoms in total. The monoisotopic (exact) mass is 330 g/mol. The molecule has 1 aromatic heterocycles. The molecule has 3 rings (SSSR count). The Morgan fingerprint density at radius 2 is 1.83 bits per heavy atom. The molecule has 1 saturated carbocycles. The van der Waals surface area contributed by atoms with Gasteiger partial charge in [0.15, 0.2) is 5.78 Å². The van der Waals surface area contributed by atoms with Crippen molar-refractivity contribution in [3.63, 3.8) is 0 Å². The van der Waals surface area contributed by atoms with Crippen LogP contribution in [0.25, 0.3) is 0 Å². The Labute approximate surface area is 142 Å². The Morgan fingerprint density at radius 1 is 1.12 bits per heavy atom. The van der Waals surface area contributed by atoms with Crippen molar-refractivity contribution in [3.8, 4) is 0 Å². The normalized spacial score (nSPS) is 20.4. The van der Waals surface area contributed by atoms with E-state index in [4.69, 9.17) is 0 Å². The summed E-state index contributed by atoms with van der Waals surface area (Å²) in [6.07, 6.45) is 6.86. The highest BCUT2D eigenvalue weighted by atomic mass is 16.2. The second-order valence-corrected chi connectivity index (χ2v) is 7.83. The van der Waals surface area contributed by atoms with Gasteiger partial charge >= 0.3 is 6.03 Å². The number of nitrogens with zero attached hydrogens (tertiary/aromatic N) is 2. The number of amides is 2. The van der Waals surface area contributed by atoms with Crippen LogP contribution < -0.4 is 10.6 Å². The number of aryl methyl sites for hydroxylation is 1. The van der Waals surface area contributed by atoms with Crippen molar-refractivity contribution in [2.24, 2.45) is 5.41 Å². The highest BCUT2D eigenvalue weighted by Gasteiger charge is 2.34. The van der Waals surface area contributed by atoms with Crippen molar-refractivity contribution in [1.29, 1.82) is 0 Å². The van der Waals surface area contributed by atoms with Crippen LogP contribution in [0.5, 0.6) is 0 Å². The fourth-order valence-corrected chi connectivity index (χ4v) is 3.79. The number of hydrogen-bond donors (Lipinski definition) is 2. The first-order valence-corrected chi connectivity index (χ1v) is 8.82. The predicted octanol–water partition coefficient (Wildman–Crippen LogP) is 3.39. The van der Waals surface area contributed by atoms with Crippen LogP contribution in [0.1, 0.15) is 74.1 Å². The largest absolute Gasteiger partial charge is 0.335 e. The minimum Gasteiger partial charge on any atom is -0.335 e.